The molecule has 1 aromatic carbocycles. The first-order chi connectivity index (χ1) is 11.4. The summed E-state index contributed by atoms with van der Waals surface area (Å²) < 4.78 is 5.18. The minimum absolute atomic E-state index is 0.0647. The van der Waals surface area contributed by atoms with Crippen LogP contribution in [0.25, 0.3) is 0 Å². The van der Waals surface area contributed by atoms with Crippen LogP contribution >= 0.6 is 0 Å². The van der Waals surface area contributed by atoms with Crippen LogP contribution in [0.1, 0.15) is 19.6 Å². The Kier molecular flexibility index (Phi) is 5.87. The third-order valence-electron chi connectivity index (χ3n) is 4.03. The number of anilines is 1. The van der Waals surface area contributed by atoms with Crippen LogP contribution in [-0.2, 0) is 5.60 Å². The fraction of sp³-hybridized carbons (Fsp3) is 0.389. The predicted molar refractivity (Wildman–Crippen MR) is 94.0 cm³/mol. The lowest BCUT2D eigenvalue weighted by molar-refractivity contribution is 0.0367. The first-order valence-corrected chi connectivity index (χ1v) is 7.96. The molecule has 2 amide bonds. The summed E-state index contributed by atoms with van der Waals surface area (Å²) in [5.41, 5.74) is -0.152. The van der Waals surface area contributed by atoms with Crippen molar-refractivity contribution in [3.05, 3.63) is 54.5 Å². The molecule has 0 aliphatic carbocycles. The summed E-state index contributed by atoms with van der Waals surface area (Å²) in [6.07, 6.45) is 1.49. The standard InChI is InChI=1S/C18H25N3O3/c1-14(21(3)15-8-5-4-6-9-15)12-19-17(22)20-13-18(2,23)16-10-7-11-24-16/h4-11,14,23H,12-13H2,1-3H3,(H2,19,20,22)/t14-,18+/m1/s1. The van der Waals surface area contributed by atoms with Gasteiger partial charge in [-0.3, -0.25) is 0 Å². The van der Waals surface area contributed by atoms with Gasteiger partial charge in [-0.1, -0.05) is 18.2 Å². The Hall–Kier alpha value is -2.47. The molecule has 1 heterocycles. The Labute approximate surface area is 142 Å². The second-order valence-corrected chi connectivity index (χ2v) is 6.11. The highest BCUT2D eigenvalue weighted by Gasteiger charge is 2.26. The van der Waals surface area contributed by atoms with E-state index in [9.17, 15) is 9.90 Å². The maximum atomic E-state index is 11.9. The summed E-state index contributed by atoms with van der Waals surface area (Å²) in [6, 6.07) is 13.2. The van der Waals surface area contributed by atoms with Crippen molar-refractivity contribution >= 4 is 11.7 Å². The minimum Gasteiger partial charge on any atom is -0.466 e. The smallest absolute Gasteiger partial charge is 0.314 e. The number of furan rings is 1. The van der Waals surface area contributed by atoms with E-state index >= 15 is 0 Å². The van der Waals surface area contributed by atoms with Crippen LogP contribution in [0.3, 0.4) is 0 Å². The summed E-state index contributed by atoms with van der Waals surface area (Å²) in [7, 11) is 1.99. The van der Waals surface area contributed by atoms with Gasteiger partial charge in [0.05, 0.1) is 12.8 Å². The quantitative estimate of drug-likeness (QED) is 0.727. The second kappa shape index (κ2) is 7.88. The number of para-hydroxylation sites is 1. The Balaban J connectivity index is 1.77. The summed E-state index contributed by atoms with van der Waals surface area (Å²) >= 11 is 0. The Morgan fingerprint density at radius 2 is 1.96 bits per heavy atom. The Bertz CT molecular complexity index is 626. The van der Waals surface area contributed by atoms with Gasteiger partial charge in [-0.25, -0.2) is 4.79 Å². The van der Waals surface area contributed by atoms with Crippen molar-refractivity contribution < 1.29 is 14.3 Å². The zero-order chi connectivity index (χ0) is 17.6. The molecule has 2 aromatic rings. The van der Waals surface area contributed by atoms with Crippen LogP contribution in [0.5, 0.6) is 0 Å². The van der Waals surface area contributed by atoms with E-state index in [-0.39, 0.29) is 18.6 Å². The number of urea groups is 1. The van der Waals surface area contributed by atoms with E-state index in [1.807, 2.05) is 44.3 Å². The molecule has 0 aliphatic heterocycles. The Morgan fingerprint density at radius 3 is 2.58 bits per heavy atom. The first kappa shape index (κ1) is 17.9. The van der Waals surface area contributed by atoms with Gasteiger partial charge in [0.15, 0.2) is 0 Å². The van der Waals surface area contributed by atoms with Crippen LogP contribution in [0.4, 0.5) is 10.5 Å². The zero-order valence-corrected chi connectivity index (χ0v) is 14.3. The van der Waals surface area contributed by atoms with Crippen molar-refractivity contribution in [1.82, 2.24) is 10.6 Å². The number of carbonyl (C=O) groups excluding carboxylic acids is 1. The maximum Gasteiger partial charge on any atom is 0.314 e. The summed E-state index contributed by atoms with van der Waals surface area (Å²) in [5.74, 6) is 0.417. The molecule has 0 saturated heterocycles. The normalized spacial score (nSPS) is 14.5. The molecule has 2 atom stereocenters. The number of benzene rings is 1. The number of carbonyl (C=O) groups is 1. The van der Waals surface area contributed by atoms with Crippen molar-refractivity contribution in [3.8, 4) is 0 Å². The number of likely N-dealkylation sites (N-methyl/N-ethyl adjacent to an activating group) is 1. The van der Waals surface area contributed by atoms with Crippen molar-refractivity contribution in [3.63, 3.8) is 0 Å². The van der Waals surface area contributed by atoms with Crippen molar-refractivity contribution in [2.45, 2.75) is 25.5 Å². The van der Waals surface area contributed by atoms with Crippen molar-refractivity contribution in [2.75, 3.05) is 25.0 Å². The van der Waals surface area contributed by atoms with E-state index in [1.165, 1.54) is 6.26 Å². The molecular formula is C18H25N3O3. The van der Waals surface area contributed by atoms with Gasteiger partial charge in [0.1, 0.15) is 11.4 Å². The van der Waals surface area contributed by atoms with E-state index in [0.717, 1.165) is 5.69 Å². The lowest BCUT2D eigenvalue weighted by atomic mass is 10.0. The molecule has 1 aromatic heterocycles. The molecule has 0 bridgehead atoms. The lowest BCUT2D eigenvalue weighted by Gasteiger charge is -2.27. The molecule has 0 aliphatic rings. The van der Waals surface area contributed by atoms with Gasteiger partial charge in [-0.2, -0.15) is 0 Å². The third-order valence-corrected chi connectivity index (χ3v) is 4.03. The zero-order valence-electron chi connectivity index (χ0n) is 14.3. The number of aliphatic hydroxyl groups is 1. The summed E-state index contributed by atoms with van der Waals surface area (Å²) in [5, 5.41) is 15.8. The minimum atomic E-state index is -1.24. The lowest BCUT2D eigenvalue weighted by Crippen LogP contribution is -2.47. The number of hydrogen-bond donors (Lipinski definition) is 3. The summed E-state index contributed by atoms with van der Waals surface area (Å²) in [6.45, 7) is 4.18. The third kappa shape index (κ3) is 4.76. The van der Waals surface area contributed by atoms with E-state index < -0.39 is 5.60 Å². The molecule has 0 unspecified atom stereocenters. The van der Waals surface area contributed by atoms with E-state index in [4.69, 9.17) is 4.42 Å². The molecule has 0 fully saturated rings. The van der Waals surface area contributed by atoms with Gasteiger partial charge in [-0.15, -0.1) is 0 Å². The molecule has 2 rings (SSSR count). The molecular weight excluding hydrogens is 306 g/mol. The van der Waals surface area contributed by atoms with Gasteiger partial charge in [0.2, 0.25) is 0 Å². The summed E-state index contributed by atoms with van der Waals surface area (Å²) in [4.78, 5) is 14.0. The molecule has 130 valence electrons. The van der Waals surface area contributed by atoms with Crippen LogP contribution in [0.2, 0.25) is 0 Å². The molecule has 24 heavy (non-hydrogen) atoms. The monoisotopic (exact) mass is 331 g/mol. The predicted octanol–water partition coefficient (Wildman–Crippen LogP) is 2.31. The van der Waals surface area contributed by atoms with Crippen molar-refractivity contribution in [1.29, 1.82) is 0 Å². The van der Waals surface area contributed by atoms with Gasteiger partial charge in [0.25, 0.3) is 0 Å². The fourth-order valence-electron chi connectivity index (χ4n) is 2.28. The average molecular weight is 331 g/mol. The fourth-order valence-corrected chi connectivity index (χ4v) is 2.28. The average Bonchev–Trinajstić information content (AvgIpc) is 3.13. The van der Waals surface area contributed by atoms with Gasteiger partial charge >= 0.3 is 6.03 Å². The highest BCUT2D eigenvalue weighted by molar-refractivity contribution is 5.74. The number of nitrogens with one attached hydrogen (secondary N) is 2. The number of rotatable bonds is 7. The van der Waals surface area contributed by atoms with Crippen LogP contribution in [0, 0.1) is 0 Å². The topological polar surface area (TPSA) is 77.7 Å². The van der Waals surface area contributed by atoms with Gasteiger partial charge in [0, 0.05) is 25.3 Å². The molecule has 0 radical (unpaired) electrons. The molecule has 6 heteroatoms. The second-order valence-electron chi connectivity index (χ2n) is 6.11. The van der Waals surface area contributed by atoms with E-state index in [1.54, 1.807) is 19.1 Å². The van der Waals surface area contributed by atoms with Gasteiger partial charge in [-0.05, 0) is 38.1 Å². The molecule has 0 saturated carbocycles. The largest absolute Gasteiger partial charge is 0.466 e. The van der Waals surface area contributed by atoms with E-state index in [0.29, 0.717) is 12.3 Å². The SMILES string of the molecule is C[C@H](CNC(=O)NC[C@](C)(O)c1ccco1)N(C)c1ccccc1. The van der Waals surface area contributed by atoms with Crippen LogP contribution in [-0.4, -0.2) is 37.3 Å². The van der Waals surface area contributed by atoms with Gasteiger partial charge < -0.3 is 25.1 Å². The Morgan fingerprint density at radius 1 is 1.25 bits per heavy atom. The maximum absolute atomic E-state index is 11.9. The number of amides is 2. The van der Waals surface area contributed by atoms with E-state index in [2.05, 4.69) is 15.5 Å². The first-order valence-electron chi connectivity index (χ1n) is 7.96. The van der Waals surface area contributed by atoms with Crippen LogP contribution in [0.15, 0.2) is 53.1 Å². The van der Waals surface area contributed by atoms with Crippen molar-refractivity contribution in [2.24, 2.45) is 0 Å². The molecule has 3 N–H and O–H groups in total. The molecule has 0 spiro atoms. The molecule has 6 nitrogen and oxygen atoms in total. The highest BCUT2D eigenvalue weighted by atomic mass is 16.4. The highest BCUT2D eigenvalue weighted by Crippen LogP contribution is 2.19. The van der Waals surface area contributed by atoms with Crippen LogP contribution < -0.4 is 15.5 Å². The number of nitrogens with zero attached hydrogens (tertiary/aromatic N) is 1. The number of hydrogen-bond acceptors (Lipinski definition) is 4.